The molecule has 3 heterocycles. The van der Waals surface area contributed by atoms with E-state index in [1.165, 1.54) is 11.0 Å². The molecule has 2 saturated heterocycles. The maximum absolute atomic E-state index is 12.6. The summed E-state index contributed by atoms with van der Waals surface area (Å²) in [4.78, 5) is 42.8. The Hall–Kier alpha value is -1.67. The van der Waals surface area contributed by atoms with Gasteiger partial charge in [-0.2, -0.15) is 0 Å². The molecule has 0 N–H and O–H groups in total. The SMILES string of the molecule is Cc1csc(=O)n1CC(=O)N1CCN(CC(=O)N2CC(C)CC(C)C2)CC1. The number of piperazine rings is 1. The summed E-state index contributed by atoms with van der Waals surface area (Å²) in [6.07, 6.45) is 1.19. The van der Waals surface area contributed by atoms with E-state index < -0.39 is 0 Å². The lowest BCUT2D eigenvalue weighted by atomic mass is 9.92. The maximum atomic E-state index is 12.6. The van der Waals surface area contributed by atoms with Crippen molar-refractivity contribution >= 4 is 23.2 Å². The number of amides is 2. The molecule has 3 rings (SSSR count). The van der Waals surface area contributed by atoms with E-state index in [9.17, 15) is 14.4 Å². The predicted molar refractivity (Wildman–Crippen MR) is 106 cm³/mol. The molecule has 1 aromatic heterocycles. The lowest BCUT2D eigenvalue weighted by Gasteiger charge is -2.38. The summed E-state index contributed by atoms with van der Waals surface area (Å²) in [5, 5.41) is 1.78. The average Bonchev–Trinajstić information content (AvgIpc) is 2.93. The number of hydrogen-bond acceptors (Lipinski definition) is 5. The fraction of sp³-hybridized carbons (Fsp3) is 0.737. The number of rotatable bonds is 4. The lowest BCUT2D eigenvalue weighted by Crippen LogP contribution is -2.53. The Labute approximate surface area is 164 Å². The first-order valence-corrected chi connectivity index (χ1v) is 10.6. The van der Waals surface area contributed by atoms with E-state index in [2.05, 4.69) is 18.7 Å². The van der Waals surface area contributed by atoms with Gasteiger partial charge in [-0.05, 0) is 25.2 Å². The Morgan fingerprint density at radius 3 is 2.15 bits per heavy atom. The van der Waals surface area contributed by atoms with Crippen LogP contribution in [0.15, 0.2) is 10.2 Å². The molecule has 0 aromatic carbocycles. The van der Waals surface area contributed by atoms with Gasteiger partial charge in [0.05, 0.1) is 6.54 Å². The molecule has 8 heteroatoms. The van der Waals surface area contributed by atoms with E-state index in [0.717, 1.165) is 30.1 Å². The van der Waals surface area contributed by atoms with Crippen molar-refractivity contribution < 1.29 is 9.59 Å². The van der Waals surface area contributed by atoms with Crippen LogP contribution < -0.4 is 4.87 Å². The summed E-state index contributed by atoms with van der Waals surface area (Å²) in [5.74, 6) is 1.31. The summed E-state index contributed by atoms with van der Waals surface area (Å²) in [7, 11) is 0. The molecular formula is C19H30N4O3S. The van der Waals surface area contributed by atoms with Crippen LogP contribution in [0.25, 0.3) is 0 Å². The Morgan fingerprint density at radius 2 is 1.59 bits per heavy atom. The molecule has 0 bridgehead atoms. The highest BCUT2D eigenvalue weighted by Crippen LogP contribution is 2.21. The molecule has 1 aromatic rings. The zero-order valence-electron chi connectivity index (χ0n) is 16.5. The topological polar surface area (TPSA) is 65.9 Å². The third-order valence-electron chi connectivity index (χ3n) is 5.58. The number of aromatic nitrogens is 1. The van der Waals surface area contributed by atoms with Gasteiger partial charge in [-0.25, -0.2) is 0 Å². The molecule has 27 heavy (non-hydrogen) atoms. The van der Waals surface area contributed by atoms with Crippen molar-refractivity contribution in [1.29, 1.82) is 0 Å². The quantitative estimate of drug-likeness (QED) is 0.760. The van der Waals surface area contributed by atoms with Gasteiger partial charge in [-0.1, -0.05) is 25.2 Å². The van der Waals surface area contributed by atoms with Crippen molar-refractivity contribution in [3.8, 4) is 0 Å². The fourth-order valence-corrected chi connectivity index (χ4v) is 4.88. The minimum Gasteiger partial charge on any atom is -0.341 e. The van der Waals surface area contributed by atoms with E-state index in [1.54, 1.807) is 10.3 Å². The molecule has 2 fully saturated rings. The highest BCUT2D eigenvalue weighted by Gasteiger charge is 2.28. The van der Waals surface area contributed by atoms with Crippen molar-refractivity contribution in [2.24, 2.45) is 11.8 Å². The monoisotopic (exact) mass is 394 g/mol. The van der Waals surface area contributed by atoms with Crippen molar-refractivity contribution in [3.63, 3.8) is 0 Å². The summed E-state index contributed by atoms with van der Waals surface area (Å²) in [5.41, 5.74) is 0.826. The molecule has 2 atom stereocenters. The molecule has 2 aliphatic rings. The first kappa shape index (κ1) is 20.1. The summed E-state index contributed by atoms with van der Waals surface area (Å²) in [6.45, 7) is 11.1. The van der Waals surface area contributed by atoms with Crippen LogP contribution in [0.4, 0.5) is 0 Å². The molecule has 150 valence electrons. The predicted octanol–water partition coefficient (Wildman–Crippen LogP) is 0.867. The van der Waals surface area contributed by atoms with Crippen LogP contribution in [0.3, 0.4) is 0 Å². The molecule has 2 unspecified atom stereocenters. The Morgan fingerprint density at radius 1 is 1.00 bits per heavy atom. The van der Waals surface area contributed by atoms with Gasteiger partial charge in [0, 0.05) is 50.3 Å². The lowest BCUT2D eigenvalue weighted by molar-refractivity contribution is -0.137. The van der Waals surface area contributed by atoms with Crippen LogP contribution in [-0.2, 0) is 16.1 Å². The van der Waals surface area contributed by atoms with Crippen LogP contribution in [0, 0.1) is 18.8 Å². The first-order valence-electron chi connectivity index (χ1n) is 9.76. The number of aryl methyl sites for hydroxylation is 1. The maximum Gasteiger partial charge on any atom is 0.307 e. The molecule has 2 amide bonds. The Bertz CT molecular complexity index is 726. The number of nitrogens with zero attached hydrogens (tertiary/aromatic N) is 4. The normalized spacial score (nSPS) is 24.3. The third kappa shape index (κ3) is 4.99. The standard InChI is InChI=1S/C19H30N4O3S/c1-14-8-15(2)10-22(9-14)17(24)11-20-4-6-21(7-5-20)18(25)12-23-16(3)13-27-19(23)26/h13-15H,4-12H2,1-3H3. The van der Waals surface area contributed by atoms with Gasteiger partial charge in [0.15, 0.2) is 0 Å². The molecule has 0 radical (unpaired) electrons. The minimum absolute atomic E-state index is 0.0248. The van der Waals surface area contributed by atoms with Crippen LogP contribution in [0.5, 0.6) is 0 Å². The van der Waals surface area contributed by atoms with Crippen LogP contribution in [-0.4, -0.2) is 76.9 Å². The Kier molecular flexibility index (Phi) is 6.37. The number of piperidine rings is 1. The molecular weight excluding hydrogens is 364 g/mol. The van der Waals surface area contributed by atoms with Crippen molar-refractivity contribution in [2.75, 3.05) is 45.8 Å². The third-order valence-corrected chi connectivity index (χ3v) is 6.46. The second-order valence-electron chi connectivity index (χ2n) is 8.13. The van der Waals surface area contributed by atoms with Gasteiger partial charge < -0.3 is 9.80 Å². The number of carbonyl (C=O) groups excluding carboxylic acids is 2. The largest absolute Gasteiger partial charge is 0.341 e. The summed E-state index contributed by atoms with van der Waals surface area (Å²) in [6, 6.07) is 0. The van der Waals surface area contributed by atoms with Gasteiger partial charge in [0.1, 0.15) is 6.54 Å². The highest BCUT2D eigenvalue weighted by atomic mass is 32.1. The number of carbonyl (C=O) groups is 2. The van der Waals surface area contributed by atoms with Gasteiger partial charge in [0.2, 0.25) is 11.8 Å². The summed E-state index contributed by atoms with van der Waals surface area (Å²) < 4.78 is 1.53. The van der Waals surface area contributed by atoms with Crippen molar-refractivity contribution in [1.82, 2.24) is 19.3 Å². The van der Waals surface area contributed by atoms with Gasteiger partial charge >= 0.3 is 4.87 Å². The molecule has 7 nitrogen and oxygen atoms in total. The van der Waals surface area contributed by atoms with Gasteiger partial charge in [-0.15, -0.1) is 0 Å². The molecule has 2 aliphatic heterocycles. The van der Waals surface area contributed by atoms with E-state index in [0.29, 0.717) is 44.6 Å². The fourth-order valence-electron chi connectivity index (χ4n) is 4.14. The number of hydrogen-bond donors (Lipinski definition) is 0. The zero-order valence-corrected chi connectivity index (χ0v) is 17.3. The van der Waals surface area contributed by atoms with E-state index in [4.69, 9.17) is 0 Å². The van der Waals surface area contributed by atoms with Crippen LogP contribution >= 0.6 is 11.3 Å². The van der Waals surface area contributed by atoms with Gasteiger partial charge in [-0.3, -0.25) is 23.9 Å². The molecule has 0 saturated carbocycles. The van der Waals surface area contributed by atoms with Crippen molar-refractivity contribution in [3.05, 3.63) is 20.7 Å². The summed E-state index contributed by atoms with van der Waals surface area (Å²) >= 11 is 1.13. The number of thiazole rings is 1. The smallest absolute Gasteiger partial charge is 0.307 e. The van der Waals surface area contributed by atoms with Gasteiger partial charge in [0.25, 0.3) is 0 Å². The van der Waals surface area contributed by atoms with E-state index in [1.807, 2.05) is 11.8 Å². The molecule has 0 aliphatic carbocycles. The zero-order chi connectivity index (χ0) is 19.6. The second kappa shape index (κ2) is 8.56. The second-order valence-corrected chi connectivity index (χ2v) is 8.95. The minimum atomic E-state index is -0.0879. The van der Waals surface area contributed by atoms with Crippen molar-refractivity contribution in [2.45, 2.75) is 33.7 Å². The molecule has 0 spiro atoms. The van der Waals surface area contributed by atoms with E-state index >= 15 is 0 Å². The average molecular weight is 395 g/mol. The Balaban J connectivity index is 1.46. The van der Waals surface area contributed by atoms with Crippen LogP contribution in [0.2, 0.25) is 0 Å². The van der Waals surface area contributed by atoms with E-state index in [-0.39, 0.29) is 23.2 Å². The number of likely N-dealkylation sites (tertiary alicyclic amines) is 1. The van der Waals surface area contributed by atoms with Crippen LogP contribution in [0.1, 0.15) is 26.0 Å². The highest BCUT2D eigenvalue weighted by molar-refractivity contribution is 7.07. The first-order chi connectivity index (χ1) is 12.8.